The average molecular weight is 531 g/mol. The lowest BCUT2D eigenvalue weighted by atomic mass is 10.0. The van der Waals surface area contributed by atoms with Crippen LogP contribution in [0.25, 0.3) is 22.2 Å². The minimum absolute atomic E-state index is 0.0267. The number of halogens is 2. The van der Waals surface area contributed by atoms with Crippen LogP contribution in [0, 0.1) is 5.82 Å². The van der Waals surface area contributed by atoms with E-state index in [0.29, 0.717) is 48.8 Å². The zero-order valence-electron chi connectivity index (χ0n) is 21.5. The summed E-state index contributed by atoms with van der Waals surface area (Å²) >= 11 is 6.04. The number of anilines is 1. The maximum absolute atomic E-state index is 13.8. The molecule has 8 nitrogen and oxygen atoms in total. The molecule has 0 unspecified atom stereocenters. The van der Waals surface area contributed by atoms with E-state index in [4.69, 9.17) is 25.8 Å². The van der Waals surface area contributed by atoms with Gasteiger partial charge in [0.05, 0.1) is 28.5 Å². The molecular formula is C27H32ClFN4O4. The molecule has 37 heavy (non-hydrogen) atoms. The van der Waals surface area contributed by atoms with Crippen LogP contribution < -0.4 is 10.1 Å². The first-order chi connectivity index (χ1) is 17.6. The first kappa shape index (κ1) is 26.9. The summed E-state index contributed by atoms with van der Waals surface area (Å²) < 4.78 is 30.5. The Morgan fingerprint density at radius 3 is 2.59 bits per heavy atom. The van der Waals surface area contributed by atoms with Crippen molar-refractivity contribution in [1.82, 2.24) is 14.9 Å². The highest BCUT2D eigenvalue weighted by Gasteiger charge is 2.27. The minimum atomic E-state index is -0.528. The third-order valence-electron chi connectivity index (χ3n) is 5.98. The third-order valence-corrected chi connectivity index (χ3v) is 6.27. The van der Waals surface area contributed by atoms with Gasteiger partial charge in [0.25, 0.3) is 0 Å². The molecule has 4 rings (SSSR count). The van der Waals surface area contributed by atoms with Crippen LogP contribution in [0.3, 0.4) is 0 Å². The number of hydrogen-bond acceptors (Lipinski definition) is 7. The summed E-state index contributed by atoms with van der Waals surface area (Å²) in [5, 5.41) is 4.39. The van der Waals surface area contributed by atoms with Crippen LogP contribution in [0.5, 0.6) is 5.75 Å². The number of ether oxygens (including phenoxy) is 3. The number of nitrogens with zero attached hydrogens (tertiary/aromatic N) is 3. The zero-order valence-corrected chi connectivity index (χ0v) is 22.3. The van der Waals surface area contributed by atoms with E-state index in [1.54, 1.807) is 24.1 Å². The second-order valence-electron chi connectivity index (χ2n) is 9.94. The number of nitrogens with one attached hydrogen (secondary N) is 1. The van der Waals surface area contributed by atoms with Gasteiger partial charge in [-0.25, -0.2) is 19.2 Å². The second kappa shape index (κ2) is 11.5. The van der Waals surface area contributed by atoms with Gasteiger partial charge >= 0.3 is 6.09 Å². The highest BCUT2D eigenvalue weighted by Crippen LogP contribution is 2.36. The Morgan fingerprint density at radius 2 is 1.92 bits per heavy atom. The fourth-order valence-electron chi connectivity index (χ4n) is 4.18. The van der Waals surface area contributed by atoms with Crippen LogP contribution in [-0.2, 0) is 9.47 Å². The molecule has 1 aromatic heterocycles. The van der Waals surface area contributed by atoms with Crippen molar-refractivity contribution in [1.29, 1.82) is 0 Å². The van der Waals surface area contributed by atoms with Gasteiger partial charge in [0.1, 0.15) is 30.1 Å². The van der Waals surface area contributed by atoms with Gasteiger partial charge in [-0.3, -0.25) is 0 Å². The molecule has 1 N–H and O–H groups in total. The molecule has 0 bridgehead atoms. The number of carbonyl (C=O) groups is 1. The summed E-state index contributed by atoms with van der Waals surface area (Å²) in [7, 11) is 1.62. The Balaban J connectivity index is 1.60. The number of piperidine rings is 1. The van der Waals surface area contributed by atoms with E-state index in [1.807, 2.05) is 32.9 Å². The average Bonchev–Trinajstić information content (AvgIpc) is 2.85. The Hall–Kier alpha value is -3.17. The number of methoxy groups -OCH3 is 1. The van der Waals surface area contributed by atoms with Gasteiger partial charge in [0.2, 0.25) is 0 Å². The predicted molar refractivity (Wildman–Crippen MR) is 142 cm³/mol. The Kier molecular flexibility index (Phi) is 8.34. The van der Waals surface area contributed by atoms with E-state index in [2.05, 4.69) is 15.3 Å². The van der Waals surface area contributed by atoms with Crippen LogP contribution in [0.2, 0.25) is 5.02 Å². The second-order valence-corrected chi connectivity index (χ2v) is 10.4. The molecule has 3 aromatic rings. The van der Waals surface area contributed by atoms with Crippen molar-refractivity contribution in [2.45, 2.75) is 45.3 Å². The van der Waals surface area contributed by atoms with Gasteiger partial charge in [-0.15, -0.1) is 0 Å². The molecule has 0 radical (unpaired) electrons. The molecule has 0 spiro atoms. The summed E-state index contributed by atoms with van der Waals surface area (Å²) in [6, 6.07) is 8.45. The van der Waals surface area contributed by atoms with Gasteiger partial charge in [-0.05, 0) is 57.9 Å². The third kappa shape index (κ3) is 6.78. The van der Waals surface area contributed by atoms with Crippen LogP contribution in [0.4, 0.5) is 14.9 Å². The molecule has 2 heterocycles. The first-order valence-electron chi connectivity index (χ1n) is 12.2. The highest BCUT2D eigenvalue weighted by atomic mass is 35.5. The van der Waals surface area contributed by atoms with E-state index in [1.165, 1.54) is 12.4 Å². The van der Waals surface area contributed by atoms with Crippen LogP contribution in [-0.4, -0.2) is 66.0 Å². The maximum atomic E-state index is 13.8. The van der Waals surface area contributed by atoms with Crippen molar-refractivity contribution < 1.29 is 23.4 Å². The number of amides is 1. The number of likely N-dealkylation sites (tertiary alicyclic amines) is 1. The highest BCUT2D eigenvalue weighted by molar-refractivity contribution is 6.31. The largest absolute Gasteiger partial charge is 0.489 e. The van der Waals surface area contributed by atoms with Crippen molar-refractivity contribution in [2.24, 2.45) is 0 Å². The SMILES string of the molecule is COCCOc1cc2ncnc(-c3ccc(F)c(Cl)c3)c2cc1NC1CCN(C(=O)OC(C)(C)C)CC1. The summed E-state index contributed by atoms with van der Waals surface area (Å²) in [5.41, 5.74) is 2.26. The van der Waals surface area contributed by atoms with E-state index < -0.39 is 11.4 Å². The Labute approximate surface area is 221 Å². The topological polar surface area (TPSA) is 85.8 Å². The number of fused-ring (bicyclic) bond motifs is 1. The van der Waals surface area contributed by atoms with E-state index in [-0.39, 0.29) is 17.2 Å². The van der Waals surface area contributed by atoms with Crippen molar-refractivity contribution in [3.05, 3.63) is 47.5 Å². The maximum Gasteiger partial charge on any atom is 0.410 e. The van der Waals surface area contributed by atoms with Gasteiger partial charge in [-0.1, -0.05) is 11.6 Å². The molecule has 1 saturated heterocycles. The van der Waals surface area contributed by atoms with Crippen LogP contribution in [0.1, 0.15) is 33.6 Å². The molecule has 1 aliphatic heterocycles. The molecule has 2 aromatic carbocycles. The van der Waals surface area contributed by atoms with Crippen molar-refractivity contribution in [3.63, 3.8) is 0 Å². The lowest BCUT2D eigenvalue weighted by molar-refractivity contribution is 0.0210. The molecular weight excluding hydrogens is 499 g/mol. The number of aromatic nitrogens is 2. The lowest BCUT2D eigenvalue weighted by Crippen LogP contribution is -2.44. The van der Waals surface area contributed by atoms with Crippen molar-refractivity contribution in [3.8, 4) is 17.0 Å². The molecule has 198 valence electrons. The molecule has 1 fully saturated rings. The minimum Gasteiger partial charge on any atom is -0.489 e. The predicted octanol–water partition coefficient (Wildman–Crippen LogP) is 5.93. The monoisotopic (exact) mass is 530 g/mol. The zero-order chi connectivity index (χ0) is 26.6. The smallest absolute Gasteiger partial charge is 0.410 e. The van der Waals surface area contributed by atoms with E-state index in [0.717, 1.165) is 23.9 Å². The fraction of sp³-hybridized carbons (Fsp3) is 0.444. The summed E-state index contributed by atoms with van der Waals surface area (Å²) in [4.78, 5) is 23.1. The Bertz CT molecular complexity index is 1260. The quantitative estimate of drug-likeness (QED) is 0.379. The van der Waals surface area contributed by atoms with Crippen LogP contribution in [0.15, 0.2) is 36.7 Å². The summed E-state index contributed by atoms with van der Waals surface area (Å²) in [6.45, 7) is 7.57. The van der Waals surface area contributed by atoms with Gasteiger partial charge in [0.15, 0.2) is 0 Å². The van der Waals surface area contributed by atoms with Gasteiger partial charge < -0.3 is 24.4 Å². The van der Waals surface area contributed by atoms with Crippen molar-refractivity contribution >= 4 is 34.3 Å². The summed E-state index contributed by atoms with van der Waals surface area (Å²) in [6.07, 6.45) is 2.67. The number of benzene rings is 2. The molecule has 1 aliphatic rings. The van der Waals surface area contributed by atoms with Crippen LogP contribution >= 0.6 is 11.6 Å². The Morgan fingerprint density at radius 1 is 1.16 bits per heavy atom. The number of hydrogen-bond donors (Lipinski definition) is 1. The molecule has 0 aliphatic carbocycles. The molecule has 0 saturated carbocycles. The van der Waals surface area contributed by atoms with Gasteiger partial charge in [-0.2, -0.15) is 0 Å². The van der Waals surface area contributed by atoms with Gasteiger partial charge in [0, 0.05) is 43.3 Å². The van der Waals surface area contributed by atoms with Crippen molar-refractivity contribution in [2.75, 3.05) is 38.7 Å². The molecule has 1 amide bonds. The fourth-order valence-corrected chi connectivity index (χ4v) is 4.36. The lowest BCUT2D eigenvalue weighted by Gasteiger charge is -2.34. The molecule has 10 heteroatoms. The van der Waals surface area contributed by atoms with E-state index in [9.17, 15) is 9.18 Å². The standard InChI is InChI=1S/C27H32ClFN4O4/c1-27(2,3)37-26(34)33-9-7-18(8-10-33)32-23-14-19-22(15-24(23)36-12-11-35-4)30-16-31-25(19)17-5-6-21(29)20(28)13-17/h5-6,13-16,18,32H,7-12H2,1-4H3. The number of rotatable bonds is 7. The number of carbonyl (C=O) groups excluding carboxylic acids is 1. The van der Waals surface area contributed by atoms with E-state index >= 15 is 0 Å². The summed E-state index contributed by atoms with van der Waals surface area (Å²) in [5.74, 6) is 0.151. The first-order valence-corrected chi connectivity index (χ1v) is 12.6. The normalized spacial score (nSPS) is 14.6. The molecule has 0 atom stereocenters.